The molecule has 4 aromatic rings. The third-order valence-electron chi connectivity index (χ3n) is 5.45. The van der Waals surface area contributed by atoms with Gasteiger partial charge in [0.2, 0.25) is 5.82 Å². The van der Waals surface area contributed by atoms with Gasteiger partial charge in [0.25, 0.3) is 5.89 Å². The van der Waals surface area contributed by atoms with Crippen molar-refractivity contribution in [1.82, 2.24) is 10.1 Å². The van der Waals surface area contributed by atoms with Crippen molar-refractivity contribution in [2.24, 2.45) is 0 Å². The molecule has 1 aromatic heterocycles. The summed E-state index contributed by atoms with van der Waals surface area (Å²) in [6, 6.07) is 19.4. The molecule has 0 bridgehead atoms. The van der Waals surface area contributed by atoms with Crippen LogP contribution >= 0.6 is 0 Å². The average molecular weight is 447 g/mol. The minimum absolute atomic E-state index is 0.220. The van der Waals surface area contributed by atoms with Crippen LogP contribution < -0.4 is 0 Å². The first-order valence-electron chi connectivity index (χ1n) is 11.5. The number of hydrogen-bond acceptors (Lipinski definition) is 4. The summed E-state index contributed by atoms with van der Waals surface area (Å²) in [5.41, 5.74) is 6.86. The second kappa shape index (κ2) is 11.5. The number of halogens is 1. The minimum atomic E-state index is -0.220. The zero-order chi connectivity index (χ0) is 23.8. The lowest BCUT2D eigenvalue weighted by molar-refractivity contribution is 0.185. The first-order valence-corrected chi connectivity index (χ1v) is 11.5. The molecule has 4 rings (SSSR count). The van der Waals surface area contributed by atoms with E-state index >= 15 is 0 Å². The normalized spacial score (nSPS) is 10.6. The van der Waals surface area contributed by atoms with E-state index in [9.17, 15) is 4.39 Å². The van der Waals surface area contributed by atoms with Crippen molar-refractivity contribution in [3.05, 3.63) is 83.2 Å². The van der Waals surface area contributed by atoms with E-state index in [-0.39, 0.29) is 5.82 Å². The van der Waals surface area contributed by atoms with E-state index in [4.69, 9.17) is 9.26 Å². The Balaban J connectivity index is 0.00000149. The molecule has 0 aliphatic heterocycles. The average Bonchev–Trinajstić information content (AvgIpc) is 3.36. The number of rotatable bonds is 7. The molecule has 0 unspecified atom stereocenters. The molecule has 3 aromatic carbocycles. The summed E-state index contributed by atoms with van der Waals surface area (Å²) in [5, 5.41) is 4.11. The van der Waals surface area contributed by atoms with Crippen molar-refractivity contribution in [3.63, 3.8) is 0 Å². The Morgan fingerprint density at radius 3 is 2.21 bits per heavy atom. The molecule has 0 spiro atoms. The summed E-state index contributed by atoms with van der Waals surface area (Å²) in [4.78, 5) is 4.55. The molecule has 0 radical (unpaired) electrons. The van der Waals surface area contributed by atoms with Crippen LogP contribution in [-0.4, -0.2) is 17.3 Å². The molecule has 0 aliphatic carbocycles. The van der Waals surface area contributed by atoms with Crippen LogP contribution in [0.1, 0.15) is 44.4 Å². The SMILES string of the molecule is CC.CCc1cc(-c2noc(-c3ccc(-c4ccccc4CC)c(COC)c3)n2)ccc1F. The molecule has 0 N–H and O–H groups in total. The molecule has 0 saturated carbocycles. The van der Waals surface area contributed by atoms with Crippen molar-refractivity contribution in [3.8, 4) is 34.0 Å². The van der Waals surface area contributed by atoms with Gasteiger partial charge in [-0.3, -0.25) is 0 Å². The van der Waals surface area contributed by atoms with Gasteiger partial charge in [0.15, 0.2) is 0 Å². The maximum absolute atomic E-state index is 13.8. The number of aryl methyl sites for hydroxylation is 2. The topological polar surface area (TPSA) is 48.2 Å². The summed E-state index contributed by atoms with van der Waals surface area (Å²) in [5.74, 6) is 0.644. The maximum atomic E-state index is 13.8. The molecular weight excluding hydrogens is 415 g/mol. The van der Waals surface area contributed by atoms with Gasteiger partial charge in [-0.25, -0.2) is 4.39 Å². The van der Waals surface area contributed by atoms with Gasteiger partial charge in [0.05, 0.1) is 6.61 Å². The fraction of sp³-hybridized carbons (Fsp3) is 0.286. The summed E-state index contributed by atoms with van der Waals surface area (Å²) < 4.78 is 24.8. The van der Waals surface area contributed by atoms with Gasteiger partial charge >= 0.3 is 0 Å². The summed E-state index contributed by atoms with van der Waals surface area (Å²) >= 11 is 0. The number of methoxy groups -OCH3 is 1. The molecule has 4 nitrogen and oxygen atoms in total. The van der Waals surface area contributed by atoms with Crippen LogP contribution in [0.2, 0.25) is 0 Å². The summed E-state index contributed by atoms with van der Waals surface area (Å²) in [6.07, 6.45) is 1.56. The lowest BCUT2D eigenvalue weighted by Gasteiger charge is -2.13. The van der Waals surface area contributed by atoms with Crippen LogP contribution in [0.5, 0.6) is 0 Å². The van der Waals surface area contributed by atoms with E-state index in [1.807, 2.05) is 32.9 Å². The van der Waals surface area contributed by atoms with Crippen molar-refractivity contribution in [1.29, 1.82) is 0 Å². The monoisotopic (exact) mass is 446 g/mol. The second-order valence-electron chi connectivity index (χ2n) is 7.40. The van der Waals surface area contributed by atoms with Crippen LogP contribution in [-0.2, 0) is 24.2 Å². The summed E-state index contributed by atoms with van der Waals surface area (Å²) in [7, 11) is 1.69. The van der Waals surface area contributed by atoms with Gasteiger partial charge in [-0.15, -0.1) is 0 Å². The van der Waals surface area contributed by atoms with E-state index in [0.29, 0.717) is 30.3 Å². The fourth-order valence-corrected chi connectivity index (χ4v) is 3.80. The van der Waals surface area contributed by atoms with Crippen molar-refractivity contribution in [2.75, 3.05) is 7.11 Å². The van der Waals surface area contributed by atoms with Crippen LogP contribution in [0.3, 0.4) is 0 Å². The number of benzene rings is 3. The Kier molecular flexibility index (Phi) is 8.50. The maximum Gasteiger partial charge on any atom is 0.258 e. The second-order valence-corrected chi connectivity index (χ2v) is 7.40. The number of ether oxygens (including phenoxy) is 1. The predicted octanol–water partition coefficient (Wildman–Crippen LogP) is 7.51. The molecule has 0 aliphatic rings. The van der Waals surface area contributed by atoms with Crippen LogP contribution in [0.25, 0.3) is 34.0 Å². The smallest absolute Gasteiger partial charge is 0.258 e. The molecule has 5 heteroatoms. The van der Waals surface area contributed by atoms with Crippen LogP contribution in [0, 0.1) is 5.82 Å². The quantitative estimate of drug-likeness (QED) is 0.295. The molecular formula is C28H31FN2O2. The van der Waals surface area contributed by atoms with Gasteiger partial charge in [0, 0.05) is 18.2 Å². The Morgan fingerprint density at radius 2 is 1.48 bits per heavy atom. The molecule has 1 heterocycles. The Hall–Kier alpha value is -3.31. The number of aromatic nitrogens is 2. The zero-order valence-corrected chi connectivity index (χ0v) is 20.0. The third kappa shape index (κ3) is 5.37. The highest BCUT2D eigenvalue weighted by Gasteiger charge is 2.15. The Labute approximate surface area is 195 Å². The highest BCUT2D eigenvalue weighted by molar-refractivity contribution is 5.74. The highest BCUT2D eigenvalue weighted by Crippen LogP contribution is 2.32. The number of hydrogen-bond donors (Lipinski definition) is 0. The van der Waals surface area contributed by atoms with Gasteiger partial charge in [-0.05, 0) is 71.0 Å². The first-order chi connectivity index (χ1) is 16.1. The number of nitrogens with zero attached hydrogens (tertiary/aromatic N) is 2. The molecule has 0 amide bonds. The molecule has 0 fully saturated rings. The lowest BCUT2D eigenvalue weighted by Crippen LogP contribution is -1.96. The summed E-state index contributed by atoms with van der Waals surface area (Å²) in [6.45, 7) is 8.54. The Bertz CT molecular complexity index is 1200. The van der Waals surface area contributed by atoms with Crippen molar-refractivity contribution >= 4 is 0 Å². The van der Waals surface area contributed by atoms with Crippen LogP contribution in [0.4, 0.5) is 4.39 Å². The Morgan fingerprint density at radius 1 is 0.818 bits per heavy atom. The van der Waals surface area contributed by atoms with E-state index in [2.05, 4.69) is 47.4 Å². The van der Waals surface area contributed by atoms with Gasteiger partial charge in [-0.1, -0.05) is 63.2 Å². The van der Waals surface area contributed by atoms with Gasteiger partial charge < -0.3 is 9.26 Å². The van der Waals surface area contributed by atoms with Crippen molar-refractivity contribution in [2.45, 2.75) is 47.1 Å². The van der Waals surface area contributed by atoms with Crippen LogP contribution in [0.15, 0.2) is 65.2 Å². The van der Waals surface area contributed by atoms with E-state index < -0.39 is 0 Å². The van der Waals surface area contributed by atoms with E-state index in [1.165, 1.54) is 17.2 Å². The highest BCUT2D eigenvalue weighted by atomic mass is 19.1. The third-order valence-corrected chi connectivity index (χ3v) is 5.45. The van der Waals surface area contributed by atoms with Gasteiger partial charge in [0.1, 0.15) is 5.82 Å². The van der Waals surface area contributed by atoms with E-state index in [0.717, 1.165) is 28.7 Å². The zero-order valence-electron chi connectivity index (χ0n) is 20.0. The minimum Gasteiger partial charge on any atom is -0.380 e. The molecule has 0 atom stereocenters. The fourth-order valence-electron chi connectivity index (χ4n) is 3.80. The predicted molar refractivity (Wildman–Crippen MR) is 131 cm³/mol. The van der Waals surface area contributed by atoms with Crippen molar-refractivity contribution < 1.29 is 13.7 Å². The molecule has 172 valence electrons. The standard InChI is InChI=1S/C26H25FN2O2.C2H6/c1-4-17-8-6-7-9-22(17)23-12-10-20(15-21(23)16-30-3)26-28-25(29-31-26)19-11-13-24(27)18(5-2)14-19;1-2/h6-15H,4-5,16H2,1-3H3;1-2H3. The molecule has 0 saturated heterocycles. The van der Waals surface area contributed by atoms with E-state index in [1.54, 1.807) is 19.2 Å². The first kappa shape index (κ1) is 24.3. The lowest BCUT2D eigenvalue weighted by atomic mass is 9.93. The largest absolute Gasteiger partial charge is 0.380 e. The van der Waals surface area contributed by atoms with Gasteiger partial charge in [-0.2, -0.15) is 4.98 Å². The molecule has 33 heavy (non-hydrogen) atoms.